The molecule has 1 unspecified atom stereocenters. The molecule has 2 aliphatic carbocycles. The van der Waals surface area contributed by atoms with E-state index in [4.69, 9.17) is 23.1 Å². The molecule has 164 valence electrons. The first-order chi connectivity index (χ1) is 15.5. The minimum Gasteiger partial charge on any atom is -0.383 e. The highest BCUT2D eigenvalue weighted by Gasteiger charge is 2.33. The van der Waals surface area contributed by atoms with Crippen LogP contribution in [-0.2, 0) is 0 Å². The van der Waals surface area contributed by atoms with E-state index in [9.17, 15) is 4.79 Å². The average molecular weight is 450 g/mol. The number of aromatic nitrogens is 4. The number of rotatable bonds is 4. The molecule has 32 heavy (non-hydrogen) atoms. The molecule has 3 aromatic rings. The van der Waals surface area contributed by atoms with Crippen LogP contribution in [0.1, 0.15) is 77.3 Å². The Morgan fingerprint density at radius 1 is 1.16 bits per heavy atom. The van der Waals surface area contributed by atoms with Crippen LogP contribution in [0.2, 0.25) is 5.02 Å². The van der Waals surface area contributed by atoms with Gasteiger partial charge in [-0.3, -0.25) is 9.48 Å². The molecule has 3 aliphatic rings. The molecule has 8 nitrogen and oxygen atoms in total. The van der Waals surface area contributed by atoms with Crippen LogP contribution in [0.4, 0.5) is 5.82 Å². The molecule has 1 aliphatic heterocycles. The van der Waals surface area contributed by atoms with E-state index in [1.54, 1.807) is 4.68 Å². The molecular weight excluding hydrogens is 426 g/mol. The van der Waals surface area contributed by atoms with Gasteiger partial charge >= 0.3 is 0 Å². The van der Waals surface area contributed by atoms with Crippen LogP contribution in [0.15, 0.2) is 12.3 Å². The lowest BCUT2D eigenvalue weighted by Gasteiger charge is -2.10. The highest BCUT2D eigenvalue weighted by molar-refractivity contribution is 6.33. The van der Waals surface area contributed by atoms with Crippen molar-refractivity contribution in [1.29, 1.82) is 0 Å². The van der Waals surface area contributed by atoms with Gasteiger partial charge in [0.2, 0.25) is 0 Å². The first-order valence-corrected chi connectivity index (χ1v) is 11.5. The highest BCUT2D eigenvalue weighted by atomic mass is 35.5. The zero-order chi connectivity index (χ0) is 22.0. The first kappa shape index (κ1) is 19.6. The number of halogens is 1. The maximum absolute atomic E-state index is 12.1. The third-order valence-electron chi connectivity index (χ3n) is 6.65. The molecule has 0 bridgehead atoms. The highest BCUT2D eigenvalue weighted by Crippen LogP contribution is 2.47. The van der Waals surface area contributed by atoms with E-state index >= 15 is 0 Å². The first-order valence-electron chi connectivity index (χ1n) is 11.1. The number of hydrogen-bond acceptors (Lipinski definition) is 5. The number of anilines is 1. The molecule has 1 amide bonds. The van der Waals surface area contributed by atoms with Crippen LogP contribution < -0.4 is 16.8 Å². The number of nitrogens with two attached hydrogens (primary N) is 2. The molecule has 0 spiro atoms. The summed E-state index contributed by atoms with van der Waals surface area (Å²) in [6, 6.07) is 2.58. The number of carbonyl (C=O) groups is 1. The van der Waals surface area contributed by atoms with Crippen molar-refractivity contribution < 1.29 is 4.79 Å². The van der Waals surface area contributed by atoms with Gasteiger partial charge in [0.15, 0.2) is 5.69 Å². The number of nitrogens with zero attached hydrogens (tertiary/aromatic N) is 4. The van der Waals surface area contributed by atoms with Crippen LogP contribution in [0.5, 0.6) is 0 Å². The standard InChI is InChI=1S/C23H24ClN7O/c24-18-9-16(12-1-2-12)21-17(11-28-30(21)13-3-4-13)15(18)5-6-19-20(23(26)32)22(25)31(29-19)14-7-8-27-10-14/h9,11-14,27H,1-4,7-8,10,25H2,(H2,26,32). The molecule has 2 saturated carbocycles. The number of nitrogen functional groups attached to an aromatic ring is 1. The van der Waals surface area contributed by atoms with Crippen LogP contribution in [-0.4, -0.2) is 38.6 Å². The lowest BCUT2D eigenvalue weighted by molar-refractivity contribution is 0.100. The number of hydrogen-bond donors (Lipinski definition) is 3. The molecule has 1 atom stereocenters. The zero-order valence-electron chi connectivity index (χ0n) is 17.6. The third kappa shape index (κ3) is 3.15. The van der Waals surface area contributed by atoms with Crippen molar-refractivity contribution in [3.05, 3.63) is 39.7 Å². The smallest absolute Gasteiger partial charge is 0.255 e. The molecule has 9 heteroatoms. The van der Waals surface area contributed by atoms with Crippen LogP contribution in [0, 0.1) is 11.8 Å². The number of fused-ring (bicyclic) bond motifs is 1. The Morgan fingerprint density at radius 3 is 2.62 bits per heavy atom. The Balaban J connectivity index is 1.48. The van der Waals surface area contributed by atoms with Gasteiger partial charge in [0, 0.05) is 11.9 Å². The summed E-state index contributed by atoms with van der Waals surface area (Å²) in [4.78, 5) is 12.1. The Hall–Kier alpha value is -3.02. The number of nitrogens with one attached hydrogen (secondary N) is 1. The summed E-state index contributed by atoms with van der Waals surface area (Å²) in [5.41, 5.74) is 15.4. The van der Waals surface area contributed by atoms with Gasteiger partial charge in [-0.2, -0.15) is 10.2 Å². The summed E-state index contributed by atoms with van der Waals surface area (Å²) in [5, 5.41) is 14.0. The Morgan fingerprint density at radius 2 is 1.97 bits per heavy atom. The summed E-state index contributed by atoms with van der Waals surface area (Å²) >= 11 is 6.70. The Bertz CT molecular complexity index is 1310. The molecule has 3 fully saturated rings. The minimum absolute atomic E-state index is 0.0774. The average Bonchev–Trinajstić information content (AvgIpc) is 3.66. The van der Waals surface area contributed by atoms with Gasteiger partial charge in [0.05, 0.1) is 34.4 Å². The van der Waals surface area contributed by atoms with Crippen molar-refractivity contribution in [2.75, 3.05) is 18.8 Å². The summed E-state index contributed by atoms with van der Waals surface area (Å²) < 4.78 is 3.81. The van der Waals surface area contributed by atoms with E-state index in [-0.39, 0.29) is 23.1 Å². The molecule has 2 aromatic heterocycles. The van der Waals surface area contributed by atoms with Crippen molar-refractivity contribution in [3.63, 3.8) is 0 Å². The summed E-state index contributed by atoms with van der Waals surface area (Å²) in [5.74, 6) is 6.38. The molecule has 0 radical (unpaired) electrons. The second kappa shape index (κ2) is 7.26. The topological polar surface area (TPSA) is 117 Å². The zero-order valence-corrected chi connectivity index (χ0v) is 18.3. The molecule has 1 aromatic carbocycles. The van der Waals surface area contributed by atoms with Gasteiger partial charge in [-0.25, -0.2) is 4.68 Å². The lowest BCUT2D eigenvalue weighted by Crippen LogP contribution is -2.18. The summed E-state index contributed by atoms with van der Waals surface area (Å²) in [6.45, 7) is 1.62. The SMILES string of the molecule is NC(=O)c1c(C#Cc2c(Cl)cc(C3CC3)c3c2cnn3C2CC2)nn(C2CCNC2)c1N. The number of primary amides is 1. The number of benzene rings is 1. The number of carbonyl (C=O) groups excluding carboxylic acids is 1. The van der Waals surface area contributed by atoms with Crippen molar-refractivity contribution in [2.45, 2.75) is 50.1 Å². The van der Waals surface area contributed by atoms with Gasteiger partial charge in [-0.1, -0.05) is 17.5 Å². The van der Waals surface area contributed by atoms with Gasteiger partial charge in [-0.05, 0) is 62.1 Å². The predicted molar refractivity (Wildman–Crippen MR) is 123 cm³/mol. The molecule has 1 saturated heterocycles. The van der Waals surface area contributed by atoms with Gasteiger partial charge in [-0.15, -0.1) is 0 Å². The van der Waals surface area contributed by atoms with Crippen molar-refractivity contribution in [1.82, 2.24) is 24.9 Å². The predicted octanol–water partition coefficient (Wildman–Crippen LogP) is 2.71. The lowest BCUT2D eigenvalue weighted by atomic mass is 10.0. The largest absolute Gasteiger partial charge is 0.383 e. The Kier molecular flexibility index (Phi) is 4.46. The monoisotopic (exact) mass is 449 g/mol. The Labute approximate surface area is 190 Å². The summed E-state index contributed by atoms with van der Waals surface area (Å²) in [6.07, 6.45) is 7.41. The van der Waals surface area contributed by atoms with Crippen molar-refractivity contribution in [2.24, 2.45) is 5.73 Å². The second-order valence-electron chi connectivity index (χ2n) is 8.99. The number of amides is 1. The molecule has 5 N–H and O–H groups in total. The van der Waals surface area contributed by atoms with Crippen LogP contribution >= 0.6 is 11.6 Å². The molecule has 6 rings (SSSR count). The fraction of sp³-hybridized carbons (Fsp3) is 0.435. The van der Waals surface area contributed by atoms with E-state index in [1.807, 2.05) is 12.3 Å². The van der Waals surface area contributed by atoms with Gasteiger partial charge in [0.25, 0.3) is 5.91 Å². The van der Waals surface area contributed by atoms with E-state index in [0.29, 0.717) is 22.5 Å². The minimum atomic E-state index is -0.633. The van der Waals surface area contributed by atoms with E-state index in [1.165, 1.54) is 18.4 Å². The van der Waals surface area contributed by atoms with Gasteiger partial charge < -0.3 is 16.8 Å². The normalized spacial score (nSPS) is 20.5. The van der Waals surface area contributed by atoms with E-state index in [0.717, 1.165) is 43.3 Å². The summed E-state index contributed by atoms with van der Waals surface area (Å²) in [7, 11) is 0. The maximum atomic E-state index is 12.1. The van der Waals surface area contributed by atoms with Crippen LogP contribution in [0.25, 0.3) is 10.9 Å². The molecule has 3 heterocycles. The molecular formula is C23H24ClN7O. The fourth-order valence-corrected chi connectivity index (χ4v) is 4.96. The second-order valence-corrected chi connectivity index (χ2v) is 9.40. The third-order valence-corrected chi connectivity index (χ3v) is 6.95. The van der Waals surface area contributed by atoms with Crippen LogP contribution in [0.3, 0.4) is 0 Å². The van der Waals surface area contributed by atoms with Gasteiger partial charge in [0.1, 0.15) is 11.4 Å². The van der Waals surface area contributed by atoms with Crippen molar-refractivity contribution >= 4 is 34.2 Å². The fourth-order valence-electron chi connectivity index (χ4n) is 4.69. The van der Waals surface area contributed by atoms with E-state index in [2.05, 4.69) is 32.0 Å². The quantitative estimate of drug-likeness (QED) is 0.529. The maximum Gasteiger partial charge on any atom is 0.255 e. The van der Waals surface area contributed by atoms with Crippen molar-refractivity contribution in [3.8, 4) is 11.8 Å². The van der Waals surface area contributed by atoms with E-state index < -0.39 is 5.91 Å².